The van der Waals surface area contributed by atoms with Crippen molar-refractivity contribution in [3.8, 4) is 5.69 Å². The van der Waals surface area contributed by atoms with Crippen molar-refractivity contribution in [2.24, 2.45) is 0 Å². The fourth-order valence-electron chi connectivity index (χ4n) is 1.32. The summed E-state index contributed by atoms with van der Waals surface area (Å²) in [4.78, 5) is 32.8. The molecule has 0 aliphatic heterocycles. The van der Waals surface area contributed by atoms with Crippen molar-refractivity contribution >= 4 is 28.8 Å². The summed E-state index contributed by atoms with van der Waals surface area (Å²) in [6.45, 7) is 0. The van der Waals surface area contributed by atoms with Crippen molar-refractivity contribution in [1.29, 1.82) is 0 Å². The highest BCUT2D eigenvalue weighted by atomic mass is 79.9. The van der Waals surface area contributed by atoms with E-state index in [9.17, 15) is 19.1 Å². The number of hydrogen-bond donors (Lipinski definition) is 1. The largest absolute Gasteiger partial charge is 0.807 e. The number of nitrogens with zero attached hydrogens (tertiary/aromatic N) is 1. The lowest BCUT2D eigenvalue weighted by atomic mass is 10.3. The van der Waals surface area contributed by atoms with Gasteiger partial charge in [0, 0.05) is 10.7 Å². The second kappa shape index (κ2) is 4.27. The summed E-state index contributed by atoms with van der Waals surface area (Å²) in [5, 5.41) is 1.50. The summed E-state index contributed by atoms with van der Waals surface area (Å²) in [7, 11) is -5.04. The first-order chi connectivity index (χ1) is 7.88. The molecule has 2 rings (SSSR count). The van der Waals surface area contributed by atoms with E-state index in [0.717, 1.165) is 10.7 Å². The lowest BCUT2D eigenvalue weighted by Crippen LogP contribution is -2.33. The summed E-state index contributed by atoms with van der Waals surface area (Å²) in [5.41, 5.74) is -0.369. The molecule has 0 atom stereocenters. The molecule has 2 aromatic rings. The van der Waals surface area contributed by atoms with Gasteiger partial charge in [-0.05, 0) is 31.9 Å². The molecule has 0 aliphatic carbocycles. The van der Waals surface area contributed by atoms with Gasteiger partial charge < -0.3 is 14.4 Å². The minimum Gasteiger partial charge on any atom is -0.807 e. The van der Waals surface area contributed by atoms with Crippen LogP contribution in [0.2, 0.25) is 0 Å². The maximum atomic E-state index is 11.3. The second-order valence-corrected chi connectivity index (χ2v) is 5.69. The molecular weight excluding hydrogens is 311 g/mol. The molecule has 90 valence electrons. The molecule has 0 radical (unpaired) electrons. The van der Waals surface area contributed by atoms with Gasteiger partial charge in [0.15, 0.2) is 0 Å². The second-order valence-electron chi connectivity index (χ2n) is 3.30. The summed E-state index contributed by atoms with van der Waals surface area (Å²) in [5.74, 6) is 0. The van der Waals surface area contributed by atoms with Crippen molar-refractivity contribution in [3.05, 3.63) is 45.3 Å². The van der Waals surface area contributed by atoms with E-state index in [-0.39, 0.29) is 0 Å². The van der Waals surface area contributed by atoms with Gasteiger partial charge in [0.25, 0.3) is 5.56 Å². The predicted octanol–water partition coefficient (Wildman–Crippen LogP) is -0.533. The molecule has 0 spiro atoms. The number of H-pyrrole nitrogens is 1. The Bertz CT molecular complexity index is 640. The molecular formula is C9H6BrN2O4P-2. The third-order valence-corrected chi connectivity index (χ3v) is 3.54. The maximum Gasteiger partial charge on any atom is 0.272 e. The Morgan fingerprint density at radius 3 is 2.29 bits per heavy atom. The van der Waals surface area contributed by atoms with Crippen LogP contribution >= 0.6 is 23.5 Å². The summed E-state index contributed by atoms with van der Waals surface area (Å²) < 4.78 is 12.8. The van der Waals surface area contributed by atoms with Crippen LogP contribution in [0.3, 0.4) is 0 Å². The van der Waals surface area contributed by atoms with Crippen molar-refractivity contribution in [2.45, 2.75) is 0 Å². The van der Waals surface area contributed by atoms with Crippen molar-refractivity contribution < 1.29 is 14.4 Å². The van der Waals surface area contributed by atoms with Crippen LogP contribution in [0.15, 0.2) is 39.7 Å². The van der Waals surface area contributed by atoms with E-state index >= 15 is 0 Å². The number of benzene rings is 1. The Labute approximate surface area is 104 Å². The van der Waals surface area contributed by atoms with Gasteiger partial charge in [-0.25, -0.2) is 0 Å². The van der Waals surface area contributed by atoms with E-state index in [1.165, 1.54) is 4.68 Å². The lowest BCUT2D eigenvalue weighted by molar-refractivity contribution is -0.308. The Morgan fingerprint density at radius 2 is 1.82 bits per heavy atom. The van der Waals surface area contributed by atoms with Crippen LogP contribution in [0, 0.1) is 0 Å². The molecule has 6 nitrogen and oxygen atoms in total. The highest BCUT2D eigenvalue weighted by Crippen LogP contribution is 2.20. The molecule has 0 amide bonds. The van der Waals surface area contributed by atoms with Gasteiger partial charge in [-0.2, -0.15) is 0 Å². The van der Waals surface area contributed by atoms with Gasteiger partial charge in [0.2, 0.25) is 0 Å². The number of rotatable bonds is 2. The van der Waals surface area contributed by atoms with Gasteiger partial charge >= 0.3 is 0 Å². The van der Waals surface area contributed by atoms with E-state index in [1.807, 2.05) is 0 Å². The van der Waals surface area contributed by atoms with Crippen LogP contribution in [0.25, 0.3) is 5.69 Å². The topological polar surface area (TPSA) is 101 Å². The van der Waals surface area contributed by atoms with E-state index in [4.69, 9.17) is 0 Å². The molecule has 1 aromatic heterocycles. The van der Waals surface area contributed by atoms with Crippen LogP contribution in [0.1, 0.15) is 0 Å². The predicted molar refractivity (Wildman–Crippen MR) is 61.3 cm³/mol. The van der Waals surface area contributed by atoms with E-state index < -0.39 is 18.5 Å². The van der Waals surface area contributed by atoms with Gasteiger partial charge in [0.05, 0.1) is 11.0 Å². The molecule has 0 saturated heterocycles. The zero-order valence-corrected chi connectivity index (χ0v) is 10.8. The maximum absolute atomic E-state index is 11.3. The Balaban J connectivity index is 2.52. The van der Waals surface area contributed by atoms with Gasteiger partial charge in [-0.3, -0.25) is 14.6 Å². The molecule has 8 heteroatoms. The fourth-order valence-corrected chi connectivity index (χ4v) is 2.14. The Kier molecular flexibility index (Phi) is 3.09. The average Bonchev–Trinajstić information content (AvgIpc) is 2.61. The van der Waals surface area contributed by atoms with Crippen molar-refractivity contribution in [1.82, 2.24) is 9.78 Å². The number of halogens is 1. The van der Waals surface area contributed by atoms with Crippen LogP contribution in [0.5, 0.6) is 0 Å². The molecule has 1 aromatic carbocycles. The van der Waals surface area contributed by atoms with Crippen LogP contribution < -0.4 is 20.7 Å². The smallest absolute Gasteiger partial charge is 0.272 e. The first-order valence-electron chi connectivity index (χ1n) is 4.48. The van der Waals surface area contributed by atoms with Gasteiger partial charge in [0.1, 0.15) is 0 Å². The minimum absolute atomic E-state index is 0.546. The minimum atomic E-state index is -5.04. The Hall–Kier alpha value is -1.14. The number of hydrogen-bond acceptors (Lipinski definition) is 4. The van der Waals surface area contributed by atoms with E-state index in [2.05, 4.69) is 21.0 Å². The standard InChI is InChI=1S/C9H8BrN2O4P/c10-6-1-3-7(4-2-6)12-5-8(9(13)11-12)17(14,15)16/h1-5H,(H,11,13)(H2,14,15,16)/p-2. The highest BCUT2D eigenvalue weighted by molar-refractivity contribution is 9.10. The molecule has 0 unspecified atom stereocenters. The summed E-state index contributed by atoms with van der Waals surface area (Å²) in [6.07, 6.45) is 0.979. The first-order valence-corrected chi connectivity index (χ1v) is 6.82. The quantitative estimate of drug-likeness (QED) is 0.752. The first kappa shape index (κ1) is 12.3. The number of aromatic amines is 1. The molecule has 0 fully saturated rings. The third kappa shape index (κ3) is 2.58. The Morgan fingerprint density at radius 1 is 1.24 bits per heavy atom. The van der Waals surface area contributed by atoms with Crippen LogP contribution in [-0.2, 0) is 4.57 Å². The normalized spacial score (nSPS) is 11.7. The summed E-state index contributed by atoms with van der Waals surface area (Å²) in [6, 6.07) is 6.76. The van der Waals surface area contributed by atoms with Crippen molar-refractivity contribution in [2.75, 3.05) is 0 Å². The zero-order chi connectivity index (χ0) is 12.6. The fraction of sp³-hybridized carbons (Fsp3) is 0. The van der Waals surface area contributed by atoms with E-state index in [1.54, 1.807) is 24.3 Å². The molecule has 0 saturated carbocycles. The third-order valence-electron chi connectivity index (χ3n) is 2.11. The lowest BCUT2D eigenvalue weighted by Gasteiger charge is -2.26. The average molecular weight is 317 g/mol. The monoisotopic (exact) mass is 316 g/mol. The van der Waals surface area contributed by atoms with Crippen LogP contribution in [0.4, 0.5) is 0 Å². The molecule has 1 heterocycles. The molecule has 17 heavy (non-hydrogen) atoms. The highest BCUT2D eigenvalue weighted by Gasteiger charge is 2.08. The molecule has 1 N–H and O–H groups in total. The van der Waals surface area contributed by atoms with Gasteiger partial charge in [-0.15, -0.1) is 0 Å². The van der Waals surface area contributed by atoms with Crippen LogP contribution in [-0.4, -0.2) is 9.78 Å². The summed E-state index contributed by atoms with van der Waals surface area (Å²) >= 11 is 3.24. The van der Waals surface area contributed by atoms with E-state index in [0.29, 0.717) is 5.69 Å². The molecule has 0 aliphatic rings. The molecule has 0 bridgehead atoms. The van der Waals surface area contributed by atoms with Crippen molar-refractivity contribution in [3.63, 3.8) is 0 Å². The SMILES string of the molecule is O=c1[nH]n(-c2ccc(Br)cc2)cc1P(=O)([O-])[O-]. The zero-order valence-electron chi connectivity index (χ0n) is 8.29. The van der Waals surface area contributed by atoms with Gasteiger partial charge in [-0.1, -0.05) is 15.9 Å². The number of aromatic nitrogens is 2. The number of nitrogens with one attached hydrogen (secondary N) is 1.